The predicted molar refractivity (Wildman–Crippen MR) is 158 cm³/mol. The Morgan fingerprint density at radius 1 is 1.00 bits per heavy atom. The summed E-state index contributed by atoms with van der Waals surface area (Å²) >= 11 is 0. The largest absolute Gasteiger partial charge is 0.448 e. The van der Waals surface area contributed by atoms with Crippen LogP contribution in [0.1, 0.15) is 36.0 Å². The highest BCUT2D eigenvalue weighted by molar-refractivity contribution is 5.96. The third kappa shape index (κ3) is 9.68. The number of carbonyl (C=O) groups excluding carboxylic acids is 2. The van der Waals surface area contributed by atoms with Crippen LogP contribution in [0.3, 0.4) is 0 Å². The Balaban J connectivity index is 1.38. The van der Waals surface area contributed by atoms with E-state index in [1.165, 1.54) is 66.7 Å². The number of benzene rings is 3. The van der Waals surface area contributed by atoms with E-state index in [1.54, 1.807) is 12.2 Å². The number of hydrogen-bond donors (Lipinski definition) is 4. The first-order chi connectivity index (χ1) is 21.8. The molecule has 5 N–H and O–H groups in total. The quantitative estimate of drug-likeness (QED) is 0.213. The number of hydrogen-bond acceptors (Lipinski definition) is 6. The van der Waals surface area contributed by atoms with Gasteiger partial charge in [-0.05, 0) is 67.3 Å². The number of nitrogens with two attached hydrogens (primary N) is 1. The first-order valence-corrected chi connectivity index (χ1v) is 14.5. The van der Waals surface area contributed by atoms with Gasteiger partial charge in [0.1, 0.15) is 30.6 Å². The highest BCUT2D eigenvalue weighted by Gasteiger charge is 2.32. The predicted octanol–water partition coefficient (Wildman–Crippen LogP) is 5.17. The summed E-state index contributed by atoms with van der Waals surface area (Å²) in [6.07, 6.45) is -6.14. The molecule has 14 heteroatoms. The molecule has 0 spiro atoms. The van der Waals surface area contributed by atoms with Crippen LogP contribution >= 0.6 is 0 Å². The van der Waals surface area contributed by atoms with Crippen molar-refractivity contribution in [1.29, 1.82) is 0 Å². The van der Waals surface area contributed by atoms with E-state index in [1.807, 2.05) is 0 Å². The molecular formula is C32H34F6N4O4. The van der Waals surface area contributed by atoms with Crippen molar-refractivity contribution in [3.8, 4) is 0 Å². The molecule has 0 radical (unpaired) electrons. The van der Waals surface area contributed by atoms with Gasteiger partial charge in [-0.2, -0.15) is 13.2 Å². The number of halogens is 6. The van der Waals surface area contributed by atoms with Gasteiger partial charge in [0.2, 0.25) is 5.91 Å². The number of carbonyl (C=O) groups is 2. The van der Waals surface area contributed by atoms with Crippen LogP contribution in [-0.4, -0.2) is 62.2 Å². The van der Waals surface area contributed by atoms with E-state index in [0.29, 0.717) is 24.1 Å². The second-order valence-electron chi connectivity index (χ2n) is 10.9. The van der Waals surface area contributed by atoms with E-state index in [-0.39, 0.29) is 24.3 Å². The van der Waals surface area contributed by atoms with E-state index in [4.69, 9.17) is 15.2 Å². The topological polar surface area (TPSA) is 115 Å². The van der Waals surface area contributed by atoms with Gasteiger partial charge in [0.05, 0.1) is 24.3 Å². The fourth-order valence-electron chi connectivity index (χ4n) is 5.20. The van der Waals surface area contributed by atoms with E-state index in [2.05, 4.69) is 10.6 Å². The van der Waals surface area contributed by atoms with E-state index in [0.717, 1.165) is 0 Å². The van der Waals surface area contributed by atoms with Gasteiger partial charge in [-0.15, -0.1) is 0 Å². The van der Waals surface area contributed by atoms with Crippen LogP contribution in [0.15, 0.2) is 66.7 Å². The van der Waals surface area contributed by atoms with Crippen molar-refractivity contribution in [1.82, 2.24) is 10.6 Å². The Morgan fingerprint density at radius 3 is 2.17 bits per heavy atom. The number of rotatable bonds is 11. The normalized spacial score (nSPS) is 19.0. The lowest BCUT2D eigenvalue weighted by molar-refractivity contribution is -0.124. The average Bonchev–Trinajstić information content (AvgIpc) is 3.01. The van der Waals surface area contributed by atoms with Gasteiger partial charge in [-0.3, -0.25) is 4.79 Å². The summed E-state index contributed by atoms with van der Waals surface area (Å²) in [6.45, 7) is 0.264. The van der Waals surface area contributed by atoms with Gasteiger partial charge in [0.25, 0.3) is 0 Å². The van der Waals surface area contributed by atoms with Crippen LogP contribution in [0, 0.1) is 17.5 Å². The van der Waals surface area contributed by atoms with Crippen molar-refractivity contribution < 1.29 is 45.4 Å². The van der Waals surface area contributed by atoms with Crippen molar-refractivity contribution in [2.45, 2.75) is 56.2 Å². The number of nitrogens with one attached hydrogen (secondary N) is 3. The smallest absolute Gasteiger partial charge is 0.407 e. The van der Waals surface area contributed by atoms with Crippen LogP contribution in [0.2, 0.25) is 0 Å². The zero-order valence-electron chi connectivity index (χ0n) is 24.8. The molecule has 0 aromatic heterocycles. The van der Waals surface area contributed by atoms with Crippen molar-refractivity contribution in [3.63, 3.8) is 0 Å². The van der Waals surface area contributed by atoms with Gasteiger partial charge in [0, 0.05) is 23.7 Å². The molecule has 0 unspecified atom stereocenters. The minimum absolute atomic E-state index is 0.164. The second-order valence-corrected chi connectivity index (χ2v) is 10.9. The van der Waals surface area contributed by atoms with Gasteiger partial charge >= 0.3 is 12.3 Å². The first-order valence-electron chi connectivity index (χ1n) is 14.5. The van der Waals surface area contributed by atoms with Crippen LogP contribution in [0.5, 0.6) is 0 Å². The third-order valence-corrected chi connectivity index (χ3v) is 7.62. The summed E-state index contributed by atoms with van der Waals surface area (Å²) < 4.78 is 90.0. The minimum atomic E-state index is -4.56. The third-order valence-electron chi connectivity index (χ3n) is 7.62. The molecule has 1 saturated heterocycles. The molecule has 46 heavy (non-hydrogen) atoms. The van der Waals surface area contributed by atoms with Crippen molar-refractivity contribution in [2.24, 2.45) is 5.73 Å². The Labute approximate surface area is 261 Å². The number of ether oxygens (including phenoxy) is 2. The molecule has 1 heterocycles. The molecule has 3 aromatic carbocycles. The Bertz CT molecular complexity index is 1430. The average molecular weight is 653 g/mol. The van der Waals surface area contributed by atoms with Crippen LogP contribution in [0.4, 0.5) is 36.8 Å². The molecule has 0 aliphatic carbocycles. The SMILES string of the molecule is C[C@@H]1O[C@H](CCc2c(F)cccc2NC(=O)[C@@H](N)C(c2ccc(F)cc2)c2ccc(F)cc2)CN[C@@H]1COC(=O)NCC(F)(F)F. The van der Waals surface area contributed by atoms with E-state index in [9.17, 15) is 31.5 Å². The van der Waals surface area contributed by atoms with Crippen molar-refractivity contribution in [2.75, 3.05) is 25.0 Å². The number of anilines is 1. The maximum Gasteiger partial charge on any atom is 0.407 e. The molecule has 1 aliphatic heterocycles. The highest BCUT2D eigenvalue weighted by Crippen LogP contribution is 2.30. The molecule has 1 fully saturated rings. The highest BCUT2D eigenvalue weighted by atomic mass is 19.4. The summed E-state index contributed by atoms with van der Waals surface area (Å²) in [5, 5.41) is 7.47. The summed E-state index contributed by atoms with van der Waals surface area (Å²) in [5.74, 6) is -2.93. The van der Waals surface area contributed by atoms with E-state index >= 15 is 4.39 Å². The fourth-order valence-corrected chi connectivity index (χ4v) is 5.20. The number of amides is 2. The molecule has 3 aromatic rings. The lowest BCUT2D eigenvalue weighted by Gasteiger charge is -2.35. The zero-order valence-corrected chi connectivity index (χ0v) is 24.8. The summed E-state index contributed by atoms with van der Waals surface area (Å²) in [5.41, 5.74) is 7.89. The van der Waals surface area contributed by atoms with Crippen LogP contribution < -0.4 is 21.7 Å². The maximum absolute atomic E-state index is 15.0. The summed E-state index contributed by atoms with van der Waals surface area (Å²) in [6, 6.07) is 13.4. The molecule has 2 amide bonds. The lowest BCUT2D eigenvalue weighted by atomic mass is 9.85. The first kappa shape index (κ1) is 34.7. The van der Waals surface area contributed by atoms with Gasteiger partial charge in [0.15, 0.2) is 0 Å². The van der Waals surface area contributed by atoms with E-state index < -0.39 is 72.4 Å². The fraction of sp³-hybridized carbons (Fsp3) is 0.375. The Morgan fingerprint density at radius 2 is 1.61 bits per heavy atom. The summed E-state index contributed by atoms with van der Waals surface area (Å²) in [7, 11) is 0. The number of morpholine rings is 1. The number of alkyl carbamates (subject to hydrolysis) is 1. The van der Waals surface area contributed by atoms with Gasteiger partial charge in [-0.25, -0.2) is 18.0 Å². The molecule has 0 saturated carbocycles. The minimum Gasteiger partial charge on any atom is -0.448 e. The second kappa shape index (κ2) is 15.4. The molecule has 4 rings (SSSR count). The van der Waals surface area contributed by atoms with Crippen LogP contribution in [0.25, 0.3) is 0 Å². The van der Waals surface area contributed by atoms with Crippen molar-refractivity contribution >= 4 is 17.7 Å². The molecule has 1 aliphatic rings. The monoisotopic (exact) mass is 652 g/mol. The van der Waals surface area contributed by atoms with Crippen molar-refractivity contribution in [3.05, 3.63) is 101 Å². The zero-order chi connectivity index (χ0) is 33.4. The number of alkyl halides is 3. The Hall–Kier alpha value is -4.14. The Kier molecular flexibility index (Phi) is 11.7. The molecule has 4 atom stereocenters. The standard InChI is InChI=1S/C32H34F6N4O4/c1-18-27(16-45-31(44)41-17-32(36,37)38)40-15-23(46-18)13-14-24-25(35)3-2-4-26(24)42-30(43)29(39)28(19-5-9-21(33)10-6-19)20-7-11-22(34)12-8-20/h2-12,18,23,27-29,40H,13-17,39H2,1H3,(H,41,44)(H,42,43)/t18-,23+,27+,29-/m0/s1. The maximum atomic E-state index is 15.0. The summed E-state index contributed by atoms with van der Waals surface area (Å²) in [4.78, 5) is 25.0. The molecule has 0 bridgehead atoms. The molecular weight excluding hydrogens is 618 g/mol. The van der Waals surface area contributed by atoms with Gasteiger partial charge in [-0.1, -0.05) is 30.3 Å². The van der Waals surface area contributed by atoms with Gasteiger partial charge < -0.3 is 31.2 Å². The van der Waals surface area contributed by atoms with Crippen LogP contribution in [-0.2, 0) is 20.7 Å². The molecule has 8 nitrogen and oxygen atoms in total. The molecule has 248 valence electrons. The lowest BCUT2D eigenvalue weighted by Crippen LogP contribution is -2.54.